The zero-order valence-corrected chi connectivity index (χ0v) is 15.2. The third-order valence-corrected chi connectivity index (χ3v) is 6.13. The van der Waals surface area contributed by atoms with Crippen molar-refractivity contribution in [1.29, 1.82) is 0 Å². The van der Waals surface area contributed by atoms with Crippen molar-refractivity contribution >= 4 is 33.0 Å². The number of phenols is 1. The fourth-order valence-corrected chi connectivity index (χ4v) is 4.67. The van der Waals surface area contributed by atoms with Crippen LogP contribution in [0.5, 0.6) is 5.75 Å². The van der Waals surface area contributed by atoms with Gasteiger partial charge in [-0.25, -0.2) is 4.39 Å². The largest absolute Gasteiger partial charge is 0.506 e. The van der Waals surface area contributed by atoms with Crippen molar-refractivity contribution in [2.75, 3.05) is 31.1 Å². The number of aromatic hydroxyl groups is 1. The normalized spacial score (nSPS) is 14.8. The molecule has 1 amide bonds. The first-order chi connectivity index (χ1) is 12.6. The maximum Gasteiger partial charge on any atom is 0.264 e. The van der Waals surface area contributed by atoms with Crippen LogP contribution < -0.4 is 4.90 Å². The number of para-hydroxylation sites is 2. The Bertz CT molecular complexity index is 977. The third kappa shape index (κ3) is 2.80. The second-order valence-corrected chi connectivity index (χ2v) is 7.49. The van der Waals surface area contributed by atoms with Crippen molar-refractivity contribution in [3.63, 3.8) is 0 Å². The molecular formula is C20H19FN2O2S. The first-order valence-electron chi connectivity index (χ1n) is 8.56. The molecule has 0 atom stereocenters. The minimum Gasteiger partial charge on any atom is -0.506 e. The Balaban J connectivity index is 1.53. The number of piperazine rings is 1. The topological polar surface area (TPSA) is 43.8 Å². The van der Waals surface area contributed by atoms with Gasteiger partial charge in [0.2, 0.25) is 0 Å². The molecule has 0 spiro atoms. The summed E-state index contributed by atoms with van der Waals surface area (Å²) in [5.41, 5.74) is 1.51. The molecule has 4 rings (SSSR count). The van der Waals surface area contributed by atoms with Crippen LogP contribution in [0.2, 0.25) is 0 Å². The van der Waals surface area contributed by atoms with Crippen LogP contribution in [0.25, 0.3) is 10.1 Å². The van der Waals surface area contributed by atoms with Gasteiger partial charge in [-0.2, -0.15) is 0 Å². The van der Waals surface area contributed by atoms with Gasteiger partial charge in [-0.1, -0.05) is 18.2 Å². The Kier molecular flexibility index (Phi) is 4.28. The first-order valence-corrected chi connectivity index (χ1v) is 9.37. The van der Waals surface area contributed by atoms with E-state index in [2.05, 4.69) is 4.90 Å². The van der Waals surface area contributed by atoms with E-state index in [1.54, 1.807) is 18.2 Å². The molecule has 0 bridgehead atoms. The molecule has 2 aromatic carbocycles. The van der Waals surface area contributed by atoms with Gasteiger partial charge in [-0.05, 0) is 36.8 Å². The van der Waals surface area contributed by atoms with Crippen LogP contribution in [0.1, 0.15) is 15.2 Å². The zero-order chi connectivity index (χ0) is 18.3. The fourth-order valence-electron chi connectivity index (χ4n) is 3.48. The second kappa shape index (κ2) is 6.61. The summed E-state index contributed by atoms with van der Waals surface area (Å²) in [6.07, 6.45) is 0. The summed E-state index contributed by atoms with van der Waals surface area (Å²) in [4.78, 5) is 17.5. The van der Waals surface area contributed by atoms with Crippen molar-refractivity contribution in [1.82, 2.24) is 4.90 Å². The molecule has 2 heterocycles. The quantitative estimate of drug-likeness (QED) is 0.741. The van der Waals surface area contributed by atoms with Gasteiger partial charge in [0.15, 0.2) is 0 Å². The average molecular weight is 370 g/mol. The lowest BCUT2D eigenvalue weighted by molar-refractivity contribution is 0.0751. The van der Waals surface area contributed by atoms with E-state index in [0.29, 0.717) is 36.4 Å². The molecule has 1 N–H and O–H groups in total. The summed E-state index contributed by atoms with van der Waals surface area (Å²) in [7, 11) is 0. The van der Waals surface area contributed by atoms with Crippen LogP contribution in [-0.4, -0.2) is 42.1 Å². The van der Waals surface area contributed by atoms with Crippen molar-refractivity contribution < 1.29 is 14.3 Å². The van der Waals surface area contributed by atoms with E-state index in [4.69, 9.17) is 0 Å². The number of benzene rings is 2. The number of amides is 1. The number of hydrogen-bond donors (Lipinski definition) is 1. The number of carbonyl (C=O) groups is 1. The Labute approximate surface area is 155 Å². The van der Waals surface area contributed by atoms with Crippen LogP contribution >= 0.6 is 11.3 Å². The molecule has 0 radical (unpaired) electrons. The number of carbonyl (C=O) groups excluding carboxylic acids is 1. The number of thiophene rings is 1. The van der Waals surface area contributed by atoms with Gasteiger partial charge >= 0.3 is 0 Å². The molecule has 26 heavy (non-hydrogen) atoms. The standard InChI is InChI=1S/C20H19FN2O2S/c1-13-18-14(21)5-4-8-17(18)26-19(13)20(25)23-11-9-22(10-12-23)15-6-2-3-7-16(15)24/h2-8,24H,9-12H2,1H3. The Morgan fingerprint density at radius 2 is 1.81 bits per heavy atom. The van der Waals surface area contributed by atoms with E-state index in [0.717, 1.165) is 16.0 Å². The molecule has 1 aliphatic heterocycles. The van der Waals surface area contributed by atoms with E-state index in [1.165, 1.54) is 17.4 Å². The minimum absolute atomic E-state index is 0.0416. The Hall–Kier alpha value is -2.60. The van der Waals surface area contributed by atoms with Gasteiger partial charge < -0.3 is 14.9 Å². The molecular weight excluding hydrogens is 351 g/mol. The Morgan fingerprint density at radius 1 is 1.08 bits per heavy atom. The molecule has 0 unspecified atom stereocenters. The lowest BCUT2D eigenvalue weighted by Gasteiger charge is -2.36. The average Bonchev–Trinajstić information content (AvgIpc) is 3.00. The van der Waals surface area contributed by atoms with Crippen molar-refractivity contribution in [2.45, 2.75) is 6.92 Å². The number of aryl methyl sites for hydroxylation is 1. The number of hydrogen-bond acceptors (Lipinski definition) is 4. The van der Waals surface area contributed by atoms with Gasteiger partial charge in [0.25, 0.3) is 5.91 Å². The number of fused-ring (bicyclic) bond motifs is 1. The summed E-state index contributed by atoms with van der Waals surface area (Å²) in [6, 6.07) is 12.2. The summed E-state index contributed by atoms with van der Waals surface area (Å²) in [6.45, 7) is 4.27. The van der Waals surface area contributed by atoms with Crippen molar-refractivity contribution in [2.24, 2.45) is 0 Å². The van der Waals surface area contributed by atoms with E-state index < -0.39 is 0 Å². The number of rotatable bonds is 2. The van der Waals surface area contributed by atoms with Crippen LogP contribution in [0.15, 0.2) is 42.5 Å². The molecule has 0 saturated carbocycles. The zero-order valence-electron chi connectivity index (χ0n) is 14.4. The summed E-state index contributed by atoms with van der Waals surface area (Å²) >= 11 is 1.35. The first kappa shape index (κ1) is 16.8. The SMILES string of the molecule is Cc1c(C(=O)N2CCN(c3ccccc3O)CC2)sc2cccc(F)c12. The summed E-state index contributed by atoms with van der Waals surface area (Å²) in [5.74, 6) is -0.0668. The molecule has 0 aliphatic carbocycles. The van der Waals surface area contributed by atoms with Crippen molar-refractivity contribution in [3.8, 4) is 5.75 Å². The van der Waals surface area contributed by atoms with Gasteiger partial charge in [-0.3, -0.25) is 4.79 Å². The Morgan fingerprint density at radius 3 is 2.50 bits per heavy atom. The smallest absolute Gasteiger partial charge is 0.264 e. The predicted octanol–water partition coefficient (Wildman–Crippen LogP) is 4.02. The highest BCUT2D eigenvalue weighted by Crippen LogP contribution is 2.34. The predicted molar refractivity (Wildman–Crippen MR) is 103 cm³/mol. The fraction of sp³-hybridized carbons (Fsp3) is 0.250. The lowest BCUT2D eigenvalue weighted by atomic mass is 10.1. The number of nitrogens with zero attached hydrogens (tertiary/aromatic N) is 2. The van der Waals surface area contributed by atoms with E-state index >= 15 is 0 Å². The number of anilines is 1. The second-order valence-electron chi connectivity index (χ2n) is 6.44. The highest BCUT2D eigenvalue weighted by atomic mass is 32.1. The number of phenolic OH excluding ortho intramolecular Hbond substituents is 1. The molecule has 6 heteroatoms. The molecule has 134 valence electrons. The number of halogens is 1. The van der Waals surface area contributed by atoms with Gasteiger partial charge in [0.1, 0.15) is 11.6 Å². The van der Waals surface area contributed by atoms with E-state index in [9.17, 15) is 14.3 Å². The van der Waals surface area contributed by atoms with Gasteiger partial charge in [-0.15, -0.1) is 11.3 Å². The molecule has 4 nitrogen and oxygen atoms in total. The molecule has 1 aromatic heterocycles. The third-order valence-electron chi connectivity index (χ3n) is 4.89. The monoisotopic (exact) mass is 370 g/mol. The van der Waals surface area contributed by atoms with Crippen LogP contribution in [0, 0.1) is 12.7 Å². The highest BCUT2D eigenvalue weighted by molar-refractivity contribution is 7.21. The van der Waals surface area contributed by atoms with Crippen molar-refractivity contribution in [3.05, 3.63) is 58.7 Å². The molecule has 1 aliphatic rings. The molecule has 1 fully saturated rings. The molecule has 3 aromatic rings. The van der Waals surface area contributed by atoms with Gasteiger partial charge in [0, 0.05) is 36.3 Å². The minimum atomic E-state index is -0.278. The van der Waals surface area contributed by atoms with E-state index in [-0.39, 0.29) is 17.5 Å². The van der Waals surface area contributed by atoms with Crippen LogP contribution in [0.4, 0.5) is 10.1 Å². The summed E-state index contributed by atoms with van der Waals surface area (Å²) < 4.78 is 14.9. The van der Waals surface area contributed by atoms with Gasteiger partial charge in [0.05, 0.1) is 10.6 Å². The maximum atomic E-state index is 14.1. The maximum absolute atomic E-state index is 14.1. The summed E-state index contributed by atoms with van der Waals surface area (Å²) in [5, 5.41) is 10.6. The van der Waals surface area contributed by atoms with E-state index in [1.807, 2.05) is 30.0 Å². The highest BCUT2D eigenvalue weighted by Gasteiger charge is 2.26. The van der Waals surface area contributed by atoms with Crippen LogP contribution in [-0.2, 0) is 0 Å². The lowest BCUT2D eigenvalue weighted by Crippen LogP contribution is -2.48. The van der Waals surface area contributed by atoms with Crippen LogP contribution in [0.3, 0.4) is 0 Å². The molecule has 1 saturated heterocycles.